The van der Waals surface area contributed by atoms with Gasteiger partial charge in [0.05, 0.1) is 6.10 Å². The Morgan fingerprint density at radius 2 is 2.05 bits per heavy atom. The predicted molar refractivity (Wildman–Crippen MR) is 92.0 cm³/mol. The number of benzene rings is 1. The van der Waals surface area contributed by atoms with E-state index >= 15 is 0 Å². The molecule has 0 spiro atoms. The number of aliphatic hydroxyl groups excluding tert-OH is 1. The predicted octanol–water partition coefficient (Wildman–Crippen LogP) is 4.42. The highest BCUT2D eigenvalue weighted by atomic mass is 127. The summed E-state index contributed by atoms with van der Waals surface area (Å²) in [5.41, 5.74) is 2.64. The fraction of sp³-hybridized carbons (Fsp3) is 0.333. The van der Waals surface area contributed by atoms with Gasteiger partial charge in [-0.05, 0) is 64.1 Å². The monoisotopic (exact) mass is 402 g/mol. The summed E-state index contributed by atoms with van der Waals surface area (Å²) in [4.78, 5) is 2.61. The van der Waals surface area contributed by atoms with E-state index in [1.54, 1.807) is 11.3 Å². The van der Waals surface area contributed by atoms with E-state index in [4.69, 9.17) is 0 Å². The summed E-state index contributed by atoms with van der Waals surface area (Å²) in [6.07, 6.45) is 1.52. The summed E-state index contributed by atoms with van der Waals surface area (Å²) in [6, 6.07) is 10.6. The Morgan fingerprint density at radius 1 is 1.26 bits per heavy atom. The molecule has 1 aromatic carbocycles. The molecule has 0 aliphatic carbocycles. The van der Waals surface area contributed by atoms with Crippen LogP contribution < -0.4 is 0 Å². The van der Waals surface area contributed by atoms with Crippen LogP contribution in [0, 0.1) is 3.57 Å². The molecule has 2 heterocycles. The topological polar surface area (TPSA) is 20.2 Å². The van der Waals surface area contributed by atoms with Crippen molar-refractivity contribution < 1.29 is 5.11 Å². The maximum atomic E-state index is 10.4. The van der Waals surface area contributed by atoms with E-state index < -0.39 is 0 Å². The number of fused-ring (bicyclic) bond motifs is 1. The molecule has 1 aliphatic rings. The Bertz CT molecular complexity index is 539. The molecule has 1 aliphatic heterocycles. The Hall–Kier alpha value is -0.0400. The number of hydrogen-bond donors (Lipinski definition) is 1. The van der Waals surface area contributed by atoms with Gasteiger partial charge in [-0.3, -0.25) is 0 Å². The zero-order valence-electron chi connectivity index (χ0n) is 10.4. The van der Waals surface area contributed by atoms with Gasteiger partial charge in [0.15, 0.2) is 0 Å². The molecule has 1 aromatic heterocycles. The molecule has 19 heavy (non-hydrogen) atoms. The van der Waals surface area contributed by atoms with Gasteiger partial charge in [-0.25, -0.2) is 0 Å². The first-order valence-electron chi connectivity index (χ1n) is 6.34. The van der Waals surface area contributed by atoms with Crippen LogP contribution in [0.5, 0.6) is 0 Å². The number of halogens is 1. The van der Waals surface area contributed by atoms with E-state index in [0.717, 1.165) is 10.6 Å². The van der Waals surface area contributed by atoms with Gasteiger partial charge in [0.2, 0.25) is 0 Å². The Morgan fingerprint density at radius 3 is 2.79 bits per heavy atom. The highest BCUT2D eigenvalue weighted by molar-refractivity contribution is 14.1. The average Bonchev–Trinajstić information content (AvgIpc) is 2.85. The van der Waals surface area contributed by atoms with Gasteiger partial charge in [0.1, 0.15) is 0 Å². The second kappa shape index (κ2) is 6.16. The van der Waals surface area contributed by atoms with Crippen LogP contribution in [0.3, 0.4) is 0 Å². The normalized spacial score (nSPS) is 16.1. The minimum Gasteiger partial charge on any atom is -0.387 e. The van der Waals surface area contributed by atoms with Gasteiger partial charge in [-0.1, -0.05) is 12.1 Å². The number of thiophene rings is 1. The third-order valence-corrected chi connectivity index (χ3v) is 6.38. The lowest BCUT2D eigenvalue weighted by Gasteiger charge is -2.08. The molecule has 0 radical (unpaired) electrons. The highest BCUT2D eigenvalue weighted by Gasteiger charge is 2.18. The number of hydrogen-bond acceptors (Lipinski definition) is 3. The third kappa shape index (κ3) is 3.35. The lowest BCUT2D eigenvalue weighted by Crippen LogP contribution is -1.99. The molecule has 0 saturated carbocycles. The van der Waals surface area contributed by atoms with Crippen molar-refractivity contribution >= 4 is 45.7 Å². The van der Waals surface area contributed by atoms with Crippen LogP contribution >= 0.6 is 45.7 Å². The molecule has 0 bridgehead atoms. The minimum absolute atomic E-state index is 0.360. The van der Waals surface area contributed by atoms with Crippen LogP contribution in [0.4, 0.5) is 0 Å². The zero-order valence-corrected chi connectivity index (χ0v) is 14.2. The lowest BCUT2D eigenvalue weighted by atomic mass is 10.1. The minimum atomic E-state index is -0.360. The van der Waals surface area contributed by atoms with Crippen molar-refractivity contribution in [2.45, 2.75) is 24.7 Å². The van der Waals surface area contributed by atoms with Gasteiger partial charge in [-0.2, -0.15) is 11.8 Å². The van der Waals surface area contributed by atoms with E-state index in [1.807, 2.05) is 11.8 Å². The summed E-state index contributed by atoms with van der Waals surface area (Å²) in [5, 5.41) is 10.4. The first-order valence-corrected chi connectivity index (χ1v) is 9.39. The van der Waals surface area contributed by atoms with Gasteiger partial charge in [-0.15, -0.1) is 11.3 Å². The maximum Gasteiger partial charge on any atom is 0.0922 e. The van der Waals surface area contributed by atoms with Crippen molar-refractivity contribution in [3.8, 4) is 0 Å². The fourth-order valence-electron chi connectivity index (χ4n) is 2.28. The highest BCUT2D eigenvalue weighted by Crippen LogP contribution is 2.35. The number of aryl methyl sites for hydroxylation is 1. The molecule has 100 valence electrons. The summed E-state index contributed by atoms with van der Waals surface area (Å²) in [5.74, 6) is 2.34. The van der Waals surface area contributed by atoms with Crippen molar-refractivity contribution in [1.29, 1.82) is 0 Å². The van der Waals surface area contributed by atoms with E-state index in [-0.39, 0.29) is 6.10 Å². The first kappa shape index (κ1) is 13.9. The smallest absolute Gasteiger partial charge is 0.0922 e. The molecule has 1 N–H and O–H groups in total. The maximum absolute atomic E-state index is 10.4. The molecule has 0 saturated heterocycles. The van der Waals surface area contributed by atoms with Crippen molar-refractivity contribution in [3.05, 3.63) is 54.8 Å². The SMILES string of the molecule is OC(Cc1ccc(I)cc1)c1cc2c(s1)CCSC2. The largest absolute Gasteiger partial charge is 0.387 e. The summed E-state index contributed by atoms with van der Waals surface area (Å²) >= 11 is 6.10. The van der Waals surface area contributed by atoms with Crippen molar-refractivity contribution in [2.75, 3.05) is 5.75 Å². The number of rotatable bonds is 3. The first-order chi connectivity index (χ1) is 9.22. The molecule has 4 heteroatoms. The molecule has 0 fully saturated rings. The second-order valence-electron chi connectivity index (χ2n) is 4.75. The summed E-state index contributed by atoms with van der Waals surface area (Å²) in [7, 11) is 0. The van der Waals surface area contributed by atoms with Crippen LogP contribution in [0.25, 0.3) is 0 Å². The van der Waals surface area contributed by atoms with Crippen molar-refractivity contribution in [2.24, 2.45) is 0 Å². The Labute approximate surface area is 135 Å². The summed E-state index contributed by atoms with van der Waals surface area (Å²) < 4.78 is 1.24. The molecule has 2 aromatic rings. The van der Waals surface area contributed by atoms with Gasteiger partial charge < -0.3 is 5.11 Å². The molecule has 1 unspecified atom stereocenters. The van der Waals surface area contributed by atoms with Crippen LogP contribution in [0.2, 0.25) is 0 Å². The Balaban J connectivity index is 1.74. The van der Waals surface area contributed by atoms with Crippen LogP contribution in [-0.2, 0) is 18.6 Å². The fourth-order valence-corrected chi connectivity index (χ4v) is 5.00. The molecule has 1 nitrogen and oxygen atoms in total. The molecule has 3 rings (SSSR count). The molecule has 0 amide bonds. The number of thioether (sulfide) groups is 1. The van der Waals surface area contributed by atoms with Gasteiger partial charge in [0, 0.05) is 25.5 Å². The Kier molecular flexibility index (Phi) is 4.51. The van der Waals surface area contributed by atoms with Crippen LogP contribution in [-0.4, -0.2) is 10.9 Å². The standard InChI is InChI=1S/C15H15IOS2/c16-12-3-1-10(2-4-12)7-13(17)15-8-11-9-18-6-5-14(11)19-15/h1-4,8,13,17H,5-7,9H2. The molecular weight excluding hydrogens is 387 g/mol. The third-order valence-electron chi connectivity index (χ3n) is 3.32. The van der Waals surface area contributed by atoms with Crippen LogP contribution in [0.15, 0.2) is 30.3 Å². The van der Waals surface area contributed by atoms with Gasteiger partial charge in [0.25, 0.3) is 0 Å². The zero-order chi connectivity index (χ0) is 13.2. The quantitative estimate of drug-likeness (QED) is 0.768. The van der Waals surface area contributed by atoms with E-state index in [9.17, 15) is 5.11 Å². The van der Waals surface area contributed by atoms with E-state index in [2.05, 4.69) is 52.9 Å². The molecular formula is C15H15IOS2. The van der Waals surface area contributed by atoms with E-state index in [1.165, 1.54) is 31.7 Å². The van der Waals surface area contributed by atoms with Crippen LogP contribution in [0.1, 0.15) is 27.0 Å². The van der Waals surface area contributed by atoms with Gasteiger partial charge >= 0.3 is 0 Å². The van der Waals surface area contributed by atoms with Crippen molar-refractivity contribution in [3.63, 3.8) is 0 Å². The summed E-state index contributed by atoms with van der Waals surface area (Å²) in [6.45, 7) is 0. The number of aliphatic hydroxyl groups is 1. The average molecular weight is 402 g/mol. The second-order valence-corrected chi connectivity index (χ2v) is 8.27. The van der Waals surface area contributed by atoms with E-state index in [0.29, 0.717) is 6.42 Å². The molecule has 1 atom stereocenters. The lowest BCUT2D eigenvalue weighted by molar-refractivity contribution is 0.182. The van der Waals surface area contributed by atoms with Crippen molar-refractivity contribution in [1.82, 2.24) is 0 Å².